The van der Waals surface area contributed by atoms with E-state index in [0.29, 0.717) is 6.61 Å². The molecule has 0 aromatic carbocycles. The summed E-state index contributed by atoms with van der Waals surface area (Å²) in [6.45, 7) is 8.22. The number of allylic oxidation sites excluding steroid dienone is 7. The zero-order valence-corrected chi connectivity index (χ0v) is 18.3. The van der Waals surface area contributed by atoms with E-state index in [4.69, 9.17) is 4.74 Å². The van der Waals surface area contributed by atoms with Crippen LogP contribution in [-0.2, 0) is 16.0 Å². The van der Waals surface area contributed by atoms with E-state index < -0.39 is 0 Å². The van der Waals surface area contributed by atoms with Crippen molar-refractivity contribution in [1.82, 2.24) is 0 Å². The molecule has 1 aromatic heterocycles. The lowest BCUT2D eigenvalue weighted by Crippen LogP contribution is -1.99. The molecule has 0 fully saturated rings. The molecule has 0 aliphatic rings. The van der Waals surface area contributed by atoms with Crippen LogP contribution in [0.4, 0.5) is 0 Å². The van der Waals surface area contributed by atoms with Crippen molar-refractivity contribution in [2.75, 3.05) is 6.61 Å². The third-order valence-corrected chi connectivity index (χ3v) is 7.11. The van der Waals surface area contributed by atoms with Gasteiger partial charge in [0.05, 0.1) is 6.61 Å². The van der Waals surface area contributed by atoms with Crippen LogP contribution >= 0.6 is 43.2 Å². The molecule has 0 saturated carbocycles. The Kier molecular flexibility index (Phi) is 9.56. The smallest absolute Gasteiger partial charge is 0.330 e. The minimum atomic E-state index is -0.303. The quantitative estimate of drug-likeness (QED) is 0.250. The highest BCUT2D eigenvalue weighted by Gasteiger charge is 2.09. The molecule has 1 heterocycles. The Labute approximate surface area is 165 Å². The fourth-order valence-electron chi connectivity index (χ4n) is 1.86. The highest BCUT2D eigenvalue weighted by Crippen LogP contribution is 2.37. The fraction of sp³-hybridized carbons (Fsp3) is 0.316. The zero-order chi connectivity index (χ0) is 18.1. The maximum atomic E-state index is 11.3. The summed E-state index contributed by atoms with van der Waals surface area (Å²) in [6.07, 6.45) is 12.5. The number of halogens is 2. The first kappa shape index (κ1) is 21.1. The van der Waals surface area contributed by atoms with Gasteiger partial charge in [-0.2, -0.15) is 0 Å². The molecule has 0 atom stereocenters. The van der Waals surface area contributed by atoms with Crippen LogP contribution in [0.5, 0.6) is 0 Å². The van der Waals surface area contributed by atoms with Crippen molar-refractivity contribution in [1.29, 1.82) is 0 Å². The minimum absolute atomic E-state index is 0.303. The fourth-order valence-corrected chi connectivity index (χ4v) is 4.24. The van der Waals surface area contributed by atoms with E-state index in [-0.39, 0.29) is 5.97 Å². The van der Waals surface area contributed by atoms with Gasteiger partial charge in [-0.1, -0.05) is 36.0 Å². The first-order valence-corrected chi connectivity index (χ1v) is 10.0. The van der Waals surface area contributed by atoms with Crippen LogP contribution < -0.4 is 0 Å². The first-order chi connectivity index (χ1) is 11.3. The van der Waals surface area contributed by atoms with E-state index in [1.54, 1.807) is 18.3 Å². The van der Waals surface area contributed by atoms with Gasteiger partial charge in [0.25, 0.3) is 0 Å². The van der Waals surface area contributed by atoms with Gasteiger partial charge < -0.3 is 4.74 Å². The normalized spacial score (nSPS) is 13.2. The van der Waals surface area contributed by atoms with Gasteiger partial charge in [0, 0.05) is 31.2 Å². The van der Waals surface area contributed by atoms with Gasteiger partial charge in [-0.25, -0.2) is 4.79 Å². The SMILES string of the molecule is CCOC(=O)/C=C(C)/C=C/C=C(C)/C=C/Cc1sc(C)c(Br)c1Br. The van der Waals surface area contributed by atoms with Crippen LogP contribution in [0.25, 0.3) is 0 Å². The van der Waals surface area contributed by atoms with Crippen LogP contribution in [0.3, 0.4) is 0 Å². The standard InChI is InChI=1S/C19H22Br2O2S/c1-5-23-17(22)12-14(3)10-6-8-13(2)9-7-11-16-19(21)18(20)15(4)24-16/h6-10,12H,5,11H2,1-4H3/b9-7+,10-6+,13-8+,14-12+. The number of rotatable bonds is 7. The van der Waals surface area contributed by atoms with Crippen LogP contribution in [0, 0.1) is 6.92 Å². The van der Waals surface area contributed by atoms with E-state index in [2.05, 4.69) is 57.9 Å². The highest BCUT2D eigenvalue weighted by atomic mass is 79.9. The number of ether oxygens (including phenoxy) is 1. The number of aryl methyl sites for hydroxylation is 1. The van der Waals surface area contributed by atoms with Crippen LogP contribution in [0.1, 0.15) is 30.5 Å². The Bertz CT molecular complexity index is 694. The van der Waals surface area contributed by atoms with Gasteiger partial charge in [0.2, 0.25) is 0 Å². The molecule has 1 aromatic rings. The van der Waals surface area contributed by atoms with Gasteiger partial charge in [-0.05, 0) is 65.1 Å². The summed E-state index contributed by atoms with van der Waals surface area (Å²) in [7, 11) is 0. The van der Waals surface area contributed by atoms with Crippen molar-refractivity contribution in [3.63, 3.8) is 0 Å². The third-order valence-electron chi connectivity index (χ3n) is 3.06. The van der Waals surface area contributed by atoms with Gasteiger partial charge in [0.15, 0.2) is 0 Å². The number of hydrogen-bond donors (Lipinski definition) is 0. The number of carbonyl (C=O) groups is 1. The molecular formula is C19H22Br2O2S. The molecular weight excluding hydrogens is 452 g/mol. The summed E-state index contributed by atoms with van der Waals surface area (Å²) < 4.78 is 7.17. The molecule has 0 aliphatic heterocycles. The Hall–Kier alpha value is -0.910. The molecule has 0 radical (unpaired) electrons. The molecule has 1 rings (SSSR count). The van der Waals surface area contributed by atoms with Gasteiger partial charge in [-0.15, -0.1) is 11.3 Å². The predicted octanol–water partition coefficient (Wildman–Crippen LogP) is 6.69. The molecule has 0 saturated heterocycles. The molecule has 0 unspecified atom stereocenters. The van der Waals surface area contributed by atoms with Crippen molar-refractivity contribution >= 4 is 49.2 Å². The summed E-state index contributed by atoms with van der Waals surface area (Å²) in [4.78, 5) is 13.9. The number of thiophene rings is 1. The number of esters is 1. The Morgan fingerprint density at radius 3 is 2.46 bits per heavy atom. The van der Waals surface area contributed by atoms with Crippen LogP contribution in [-0.4, -0.2) is 12.6 Å². The third kappa shape index (κ3) is 7.32. The number of carbonyl (C=O) groups excluding carboxylic acids is 1. The molecule has 0 bridgehead atoms. The van der Waals surface area contributed by atoms with Crippen molar-refractivity contribution in [3.05, 3.63) is 66.3 Å². The Morgan fingerprint density at radius 2 is 1.88 bits per heavy atom. The zero-order valence-electron chi connectivity index (χ0n) is 14.4. The number of hydrogen-bond acceptors (Lipinski definition) is 3. The predicted molar refractivity (Wildman–Crippen MR) is 111 cm³/mol. The monoisotopic (exact) mass is 472 g/mol. The molecule has 2 nitrogen and oxygen atoms in total. The topological polar surface area (TPSA) is 26.3 Å². The molecule has 5 heteroatoms. The van der Waals surface area contributed by atoms with Crippen LogP contribution in [0.2, 0.25) is 0 Å². The molecule has 24 heavy (non-hydrogen) atoms. The van der Waals surface area contributed by atoms with E-state index in [9.17, 15) is 4.79 Å². The molecule has 130 valence electrons. The lowest BCUT2D eigenvalue weighted by Gasteiger charge is -1.96. The van der Waals surface area contributed by atoms with Gasteiger partial charge >= 0.3 is 5.97 Å². The van der Waals surface area contributed by atoms with E-state index in [1.807, 2.05) is 25.2 Å². The Morgan fingerprint density at radius 1 is 1.17 bits per heavy atom. The summed E-state index contributed by atoms with van der Waals surface area (Å²) in [5, 5.41) is 0. The molecule has 0 N–H and O–H groups in total. The molecule has 0 aliphatic carbocycles. The first-order valence-electron chi connectivity index (χ1n) is 7.65. The lowest BCUT2D eigenvalue weighted by molar-refractivity contribution is -0.137. The highest BCUT2D eigenvalue weighted by molar-refractivity contribution is 9.13. The second-order valence-electron chi connectivity index (χ2n) is 5.23. The van der Waals surface area contributed by atoms with E-state index >= 15 is 0 Å². The average Bonchev–Trinajstić information content (AvgIpc) is 2.75. The summed E-state index contributed by atoms with van der Waals surface area (Å²) in [5.74, 6) is -0.303. The van der Waals surface area contributed by atoms with Gasteiger partial charge in [-0.3, -0.25) is 0 Å². The minimum Gasteiger partial charge on any atom is -0.463 e. The summed E-state index contributed by atoms with van der Waals surface area (Å²) in [5.41, 5.74) is 2.02. The van der Waals surface area contributed by atoms with Crippen LogP contribution in [0.15, 0.2) is 56.5 Å². The van der Waals surface area contributed by atoms with Crippen molar-refractivity contribution in [2.24, 2.45) is 0 Å². The second-order valence-corrected chi connectivity index (χ2v) is 8.12. The maximum absolute atomic E-state index is 11.3. The molecule has 0 amide bonds. The van der Waals surface area contributed by atoms with Gasteiger partial charge in [0.1, 0.15) is 0 Å². The van der Waals surface area contributed by atoms with Crippen molar-refractivity contribution in [3.8, 4) is 0 Å². The van der Waals surface area contributed by atoms with Crippen molar-refractivity contribution in [2.45, 2.75) is 34.1 Å². The molecule has 0 spiro atoms. The maximum Gasteiger partial charge on any atom is 0.330 e. The van der Waals surface area contributed by atoms with E-state index in [1.165, 1.54) is 15.8 Å². The second kappa shape index (κ2) is 10.9. The van der Waals surface area contributed by atoms with E-state index in [0.717, 1.165) is 26.5 Å². The van der Waals surface area contributed by atoms with Crippen molar-refractivity contribution < 1.29 is 9.53 Å². The largest absolute Gasteiger partial charge is 0.463 e. The summed E-state index contributed by atoms with van der Waals surface area (Å²) in [6, 6.07) is 0. The Balaban J connectivity index is 2.59. The average molecular weight is 474 g/mol. The lowest BCUT2D eigenvalue weighted by atomic mass is 10.2. The summed E-state index contributed by atoms with van der Waals surface area (Å²) >= 11 is 8.99.